The van der Waals surface area contributed by atoms with Crippen molar-refractivity contribution < 1.29 is 4.79 Å². The lowest BCUT2D eigenvalue weighted by Gasteiger charge is -2.28. The van der Waals surface area contributed by atoms with Crippen molar-refractivity contribution >= 4 is 5.91 Å². The highest BCUT2D eigenvalue weighted by molar-refractivity contribution is 5.76. The fraction of sp³-hybridized carbons (Fsp3) is 0.588. The Kier molecular flexibility index (Phi) is 5.60. The number of rotatable bonds is 5. The zero-order chi connectivity index (χ0) is 14.4. The highest BCUT2D eigenvalue weighted by atomic mass is 16.1. The lowest BCUT2D eigenvalue weighted by molar-refractivity contribution is -0.122. The van der Waals surface area contributed by atoms with E-state index in [1.165, 1.54) is 24.0 Å². The standard InChI is InChI=1S/C17H26N2O/c1-13-6-3-4-7-16(13)12-19-17(20)10-14(2)15-8-5-9-18-11-15/h3-4,6-7,14-15,18H,5,8-12H2,1-2H3,(H,19,20). The van der Waals surface area contributed by atoms with Gasteiger partial charge in [0.15, 0.2) is 0 Å². The second-order valence-electron chi connectivity index (χ2n) is 5.99. The average Bonchev–Trinajstić information content (AvgIpc) is 2.47. The van der Waals surface area contributed by atoms with Crippen LogP contribution in [0.3, 0.4) is 0 Å². The molecular formula is C17H26N2O. The van der Waals surface area contributed by atoms with Gasteiger partial charge in [-0.05, 0) is 55.8 Å². The van der Waals surface area contributed by atoms with Gasteiger partial charge in [-0.2, -0.15) is 0 Å². The maximum absolute atomic E-state index is 12.0. The molecular weight excluding hydrogens is 248 g/mol. The van der Waals surface area contributed by atoms with Crippen LogP contribution < -0.4 is 10.6 Å². The highest BCUT2D eigenvalue weighted by Crippen LogP contribution is 2.22. The van der Waals surface area contributed by atoms with E-state index in [0.717, 1.165) is 13.1 Å². The van der Waals surface area contributed by atoms with Crippen LogP contribution in [0, 0.1) is 18.8 Å². The monoisotopic (exact) mass is 274 g/mol. The van der Waals surface area contributed by atoms with Crippen molar-refractivity contribution in [1.29, 1.82) is 0 Å². The first kappa shape index (κ1) is 15.0. The lowest BCUT2D eigenvalue weighted by Crippen LogP contribution is -2.35. The van der Waals surface area contributed by atoms with Gasteiger partial charge in [0.05, 0.1) is 0 Å². The Labute approximate surface area is 122 Å². The molecule has 2 unspecified atom stereocenters. The first-order chi connectivity index (χ1) is 9.66. The van der Waals surface area contributed by atoms with Gasteiger partial charge in [0.25, 0.3) is 0 Å². The summed E-state index contributed by atoms with van der Waals surface area (Å²) in [6.45, 7) is 7.11. The van der Waals surface area contributed by atoms with Crippen molar-refractivity contribution in [3.05, 3.63) is 35.4 Å². The maximum Gasteiger partial charge on any atom is 0.220 e. The highest BCUT2D eigenvalue weighted by Gasteiger charge is 2.21. The van der Waals surface area contributed by atoms with Gasteiger partial charge in [0.2, 0.25) is 5.91 Å². The van der Waals surface area contributed by atoms with Crippen LogP contribution in [0.4, 0.5) is 0 Å². The molecule has 0 aromatic heterocycles. The first-order valence-corrected chi connectivity index (χ1v) is 7.68. The predicted molar refractivity (Wildman–Crippen MR) is 82.4 cm³/mol. The Morgan fingerprint density at radius 2 is 2.25 bits per heavy atom. The molecule has 1 aliphatic rings. The summed E-state index contributed by atoms with van der Waals surface area (Å²) in [6.07, 6.45) is 3.12. The average molecular weight is 274 g/mol. The summed E-state index contributed by atoms with van der Waals surface area (Å²) in [5.74, 6) is 1.28. The molecule has 0 aliphatic carbocycles. The van der Waals surface area contributed by atoms with E-state index < -0.39 is 0 Å². The van der Waals surface area contributed by atoms with Crippen molar-refractivity contribution in [1.82, 2.24) is 10.6 Å². The number of carbonyl (C=O) groups is 1. The van der Waals surface area contributed by atoms with Gasteiger partial charge >= 0.3 is 0 Å². The number of hydrogen-bond donors (Lipinski definition) is 2. The molecule has 0 radical (unpaired) electrons. The van der Waals surface area contributed by atoms with Crippen molar-refractivity contribution in [2.75, 3.05) is 13.1 Å². The Morgan fingerprint density at radius 3 is 2.95 bits per heavy atom. The van der Waals surface area contributed by atoms with Gasteiger partial charge in [-0.15, -0.1) is 0 Å². The molecule has 110 valence electrons. The first-order valence-electron chi connectivity index (χ1n) is 7.68. The van der Waals surface area contributed by atoms with Crippen molar-refractivity contribution in [3.63, 3.8) is 0 Å². The molecule has 3 nitrogen and oxygen atoms in total. The van der Waals surface area contributed by atoms with Crippen LogP contribution in [-0.2, 0) is 11.3 Å². The fourth-order valence-corrected chi connectivity index (χ4v) is 2.90. The van der Waals surface area contributed by atoms with E-state index in [0.29, 0.717) is 24.8 Å². The van der Waals surface area contributed by atoms with Crippen LogP contribution in [0.5, 0.6) is 0 Å². The molecule has 3 heteroatoms. The van der Waals surface area contributed by atoms with Gasteiger partial charge in [-0.1, -0.05) is 31.2 Å². The number of hydrogen-bond acceptors (Lipinski definition) is 2. The minimum absolute atomic E-state index is 0.173. The summed E-state index contributed by atoms with van der Waals surface area (Å²) in [6, 6.07) is 8.20. The third-order valence-corrected chi connectivity index (χ3v) is 4.38. The molecule has 0 saturated carbocycles. The van der Waals surface area contributed by atoms with Crippen LogP contribution in [0.25, 0.3) is 0 Å². The Hall–Kier alpha value is -1.35. The summed E-state index contributed by atoms with van der Waals surface area (Å²) in [7, 11) is 0. The third kappa shape index (κ3) is 4.34. The van der Waals surface area contributed by atoms with Gasteiger partial charge < -0.3 is 10.6 Å². The number of nitrogens with one attached hydrogen (secondary N) is 2. The number of benzene rings is 1. The number of piperidine rings is 1. The van der Waals surface area contributed by atoms with E-state index in [1.807, 2.05) is 12.1 Å². The molecule has 1 aromatic carbocycles. The van der Waals surface area contributed by atoms with Crippen molar-refractivity contribution in [3.8, 4) is 0 Å². The Bertz CT molecular complexity index is 438. The van der Waals surface area contributed by atoms with Crippen molar-refractivity contribution in [2.45, 2.75) is 39.7 Å². The SMILES string of the molecule is Cc1ccccc1CNC(=O)CC(C)C1CCCNC1. The Balaban J connectivity index is 1.76. The summed E-state index contributed by atoms with van der Waals surface area (Å²) >= 11 is 0. The minimum Gasteiger partial charge on any atom is -0.352 e. The van der Waals surface area contributed by atoms with Crippen LogP contribution in [0.1, 0.15) is 37.3 Å². The maximum atomic E-state index is 12.0. The van der Waals surface area contributed by atoms with E-state index in [1.54, 1.807) is 0 Å². The zero-order valence-electron chi connectivity index (χ0n) is 12.6. The quantitative estimate of drug-likeness (QED) is 0.866. The molecule has 1 aliphatic heterocycles. The summed E-state index contributed by atoms with van der Waals surface area (Å²) in [4.78, 5) is 12.0. The number of amides is 1. The molecule has 1 saturated heterocycles. The molecule has 0 spiro atoms. The predicted octanol–water partition coefficient (Wildman–Crippen LogP) is 2.64. The summed E-state index contributed by atoms with van der Waals surface area (Å²) in [5, 5.41) is 6.47. The van der Waals surface area contributed by atoms with Crippen LogP contribution in [0.15, 0.2) is 24.3 Å². The second-order valence-corrected chi connectivity index (χ2v) is 5.99. The van der Waals surface area contributed by atoms with Crippen LogP contribution in [-0.4, -0.2) is 19.0 Å². The van der Waals surface area contributed by atoms with Gasteiger partial charge in [-0.3, -0.25) is 4.79 Å². The second kappa shape index (κ2) is 7.44. The third-order valence-electron chi connectivity index (χ3n) is 4.38. The summed E-state index contributed by atoms with van der Waals surface area (Å²) in [5.41, 5.74) is 2.44. The van der Waals surface area contributed by atoms with E-state index in [9.17, 15) is 4.79 Å². The fourth-order valence-electron chi connectivity index (χ4n) is 2.90. The molecule has 1 amide bonds. The van der Waals surface area contributed by atoms with Gasteiger partial charge in [-0.25, -0.2) is 0 Å². The molecule has 1 aromatic rings. The normalized spacial score (nSPS) is 20.4. The molecule has 1 fully saturated rings. The summed E-state index contributed by atoms with van der Waals surface area (Å²) < 4.78 is 0. The Morgan fingerprint density at radius 1 is 1.45 bits per heavy atom. The molecule has 2 atom stereocenters. The molecule has 2 rings (SSSR count). The molecule has 0 bridgehead atoms. The van der Waals surface area contributed by atoms with Crippen LogP contribution in [0.2, 0.25) is 0 Å². The lowest BCUT2D eigenvalue weighted by atomic mass is 9.85. The molecule has 2 N–H and O–H groups in total. The van der Waals surface area contributed by atoms with E-state index in [-0.39, 0.29) is 5.91 Å². The van der Waals surface area contributed by atoms with Crippen LogP contribution >= 0.6 is 0 Å². The van der Waals surface area contributed by atoms with E-state index in [4.69, 9.17) is 0 Å². The topological polar surface area (TPSA) is 41.1 Å². The van der Waals surface area contributed by atoms with Gasteiger partial charge in [0.1, 0.15) is 0 Å². The molecule has 20 heavy (non-hydrogen) atoms. The minimum atomic E-state index is 0.173. The van der Waals surface area contributed by atoms with E-state index >= 15 is 0 Å². The number of aryl methyl sites for hydroxylation is 1. The molecule has 1 heterocycles. The largest absolute Gasteiger partial charge is 0.352 e. The zero-order valence-corrected chi connectivity index (χ0v) is 12.6. The van der Waals surface area contributed by atoms with Crippen molar-refractivity contribution in [2.24, 2.45) is 11.8 Å². The smallest absolute Gasteiger partial charge is 0.220 e. The number of carbonyl (C=O) groups excluding carboxylic acids is 1. The van der Waals surface area contributed by atoms with Gasteiger partial charge in [0, 0.05) is 13.0 Å². The van der Waals surface area contributed by atoms with E-state index in [2.05, 4.69) is 36.6 Å².